The van der Waals surface area contributed by atoms with E-state index in [1.165, 1.54) is 13.8 Å². The number of unbranched alkanes of at least 4 members (excludes halogenated alkanes) is 6. The normalized spacial score (nSPS) is 13.7. The second-order valence-electron chi connectivity index (χ2n) is 5.82. The van der Waals surface area contributed by atoms with Crippen LogP contribution in [0, 0.1) is 0 Å². The van der Waals surface area contributed by atoms with Crippen LogP contribution >= 0.6 is 0 Å². The van der Waals surface area contributed by atoms with Gasteiger partial charge in [0.05, 0.1) is 4.75 Å². The molecular formula is C13H25F3O3S. The first-order chi connectivity index (χ1) is 8.96. The Morgan fingerprint density at radius 2 is 1.15 bits per heavy atom. The number of alkyl halides is 3. The summed E-state index contributed by atoms with van der Waals surface area (Å²) >= 11 is 0. The van der Waals surface area contributed by atoms with Crippen molar-refractivity contribution in [2.24, 2.45) is 0 Å². The van der Waals surface area contributed by atoms with Crippen LogP contribution in [0.15, 0.2) is 0 Å². The Labute approximate surface area is 119 Å². The number of halogens is 3. The van der Waals surface area contributed by atoms with E-state index in [1.807, 2.05) is 0 Å². The predicted octanol–water partition coefficient (Wildman–Crippen LogP) is 4.73. The molecule has 0 fully saturated rings. The Morgan fingerprint density at radius 1 is 0.800 bits per heavy atom. The van der Waals surface area contributed by atoms with Crippen molar-refractivity contribution < 1.29 is 26.1 Å². The zero-order valence-corrected chi connectivity index (χ0v) is 13.0. The van der Waals surface area contributed by atoms with E-state index >= 15 is 0 Å². The monoisotopic (exact) mass is 318 g/mol. The molecule has 0 aliphatic heterocycles. The quantitative estimate of drug-likeness (QED) is 0.468. The van der Waals surface area contributed by atoms with Crippen LogP contribution in [0.4, 0.5) is 13.2 Å². The molecule has 0 amide bonds. The summed E-state index contributed by atoms with van der Waals surface area (Å²) < 4.78 is 65.5. The van der Waals surface area contributed by atoms with Gasteiger partial charge in [-0.3, -0.25) is 4.55 Å². The minimum absolute atomic E-state index is 0.180. The van der Waals surface area contributed by atoms with Gasteiger partial charge >= 0.3 is 6.18 Å². The molecule has 0 saturated heterocycles. The van der Waals surface area contributed by atoms with Gasteiger partial charge in [0.25, 0.3) is 10.1 Å². The summed E-state index contributed by atoms with van der Waals surface area (Å²) in [5, 5.41) is 0. The van der Waals surface area contributed by atoms with Crippen molar-refractivity contribution in [2.75, 3.05) is 0 Å². The highest BCUT2D eigenvalue weighted by atomic mass is 32.2. The van der Waals surface area contributed by atoms with Gasteiger partial charge in [0.15, 0.2) is 0 Å². The third kappa shape index (κ3) is 9.58. The Hall–Kier alpha value is -0.300. The van der Waals surface area contributed by atoms with Crippen LogP contribution in [-0.2, 0) is 10.1 Å². The highest BCUT2D eigenvalue weighted by Crippen LogP contribution is 2.24. The van der Waals surface area contributed by atoms with E-state index in [-0.39, 0.29) is 6.42 Å². The molecule has 0 unspecified atom stereocenters. The summed E-state index contributed by atoms with van der Waals surface area (Å²) in [6, 6.07) is 0. The van der Waals surface area contributed by atoms with E-state index in [4.69, 9.17) is 4.55 Å². The Kier molecular flexibility index (Phi) is 8.09. The summed E-state index contributed by atoms with van der Waals surface area (Å²) in [5.74, 6) is 0. The van der Waals surface area contributed by atoms with Crippen molar-refractivity contribution in [1.29, 1.82) is 0 Å². The van der Waals surface area contributed by atoms with Crippen LogP contribution < -0.4 is 0 Å². The second-order valence-corrected chi connectivity index (χ2v) is 7.88. The maximum Gasteiger partial charge on any atom is 0.389 e. The first-order valence-electron chi connectivity index (χ1n) is 6.99. The first kappa shape index (κ1) is 19.7. The molecule has 0 bridgehead atoms. The van der Waals surface area contributed by atoms with Crippen molar-refractivity contribution in [1.82, 2.24) is 0 Å². The van der Waals surface area contributed by atoms with E-state index < -0.39 is 27.5 Å². The van der Waals surface area contributed by atoms with Gasteiger partial charge < -0.3 is 0 Å². The molecule has 7 heteroatoms. The van der Waals surface area contributed by atoms with Gasteiger partial charge in [-0.1, -0.05) is 38.5 Å². The third-order valence-electron chi connectivity index (χ3n) is 3.44. The van der Waals surface area contributed by atoms with Crippen LogP contribution in [0.3, 0.4) is 0 Å². The molecule has 0 saturated carbocycles. The van der Waals surface area contributed by atoms with Gasteiger partial charge in [-0.15, -0.1) is 0 Å². The molecule has 0 aromatic heterocycles. The first-order valence-corrected chi connectivity index (χ1v) is 8.43. The molecule has 0 aliphatic carbocycles. The maximum atomic E-state index is 11.9. The lowest BCUT2D eigenvalue weighted by molar-refractivity contribution is -0.135. The van der Waals surface area contributed by atoms with Crippen molar-refractivity contribution in [3.63, 3.8) is 0 Å². The molecule has 0 radical (unpaired) electrons. The molecule has 0 atom stereocenters. The summed E-state index contributed by atoms with van der Waals surface area (Å²) in [6.07, 6.45) is 0.426. The minimum atomic E-state index is -4.05. The Bertz CT molecular complexity index is 362. The Morgan fingerprint density at radius 3 is 1.50 bits per heavy atom. The van der Waals surface area contributed by atoms with Crippen molar-refractivity contribution in [3.8, 4) is 0 Å². The van der Waals surface area contributed by atoms with E-state index in [0.717, 1.165) is 25.7 Å². The standard InChI is InChI=1S/C13H25F3O3S/c1-12(2,20(17,18)19)10-8-6-4-3-5-7-9-11-13(14,15)16/h3-11H2,1-2H3,(H,17,18,19). The van der Waals surface area contributed by atoms with Crippen molar-refractivity contribution in [2.45, 2.75) is 82.6 Å². The molecule has 3 nitrogen and oxygen atoms in total. The molecular weight excluding hydrogens is 293 g/mol. The fourth-order valence-corrected chi connectivity index (χ4v) is 2.29. The van der Waals surface area contributed by atoms with Gasteiger partial charge in [0.1, 0.15) is 0 Å². The zero-order valence-electron chi connectivity index (χ0n) is 12.2. The number of hydrogen-bond acceptors (Lipinski definition) is 2. The molecule has 0 aliphatic rings. The van der Waals surface area contributed by atoms with E-state index in [2.05, 4.69) is 0 Å². The van der Waals surface area contributed by atoms with E-state index in [0.29, 0.717) is 19.3 Å². The minimum Gasteiger partial charge on any atom is -0.285 e. The van der Waals surface area contributed by atoms with Gasteiger partial charge in [-0.25, -0.2) is 0 Å². The van der Waals surface area contributed by atoms with Gasteiger partial charge in [-0.05, 0) is 26.7 Å². The summed E-state index contributed by atoms with van der Waals surface area (Å²) in [5.41, 5.74) is 0. The average molecular weight is 318 g/mol. The summed E-state index contributed by atoms with van der Waals surface area (Å²) in [4.78, 5) is 0. The molecule has 0 aromatic carbocycles. The van der Waals surface area contributed by atoms with Crippen LogP contribution in [0.25, 0.3) is 0 Å². The molecule has 0 heterocycles. The summed E-state index contributed by atoms with van der Waals surface area (Å²) in [7, 11) is -4.03. The Balaban J connectivity index is 3.51. The van der Waals surface area contributed by atoms with Crippen molar-refractivity contribution >= 4 is 10.1 Å². The molecule has 1 N–H and O–H groups in total. The highest BCUT2D eigenvalue weighted by Gasteiger charge is 2.31. The van der Waals surface area contributed by atoms with Crippen LogP contribution in [0.1, 0.15) is 71.6 Å². The lowest BCUT2D eigenvalue weighted by Crippen LogP contribution is -2.31. The third-order valence-corrected chi connectivity index (χ3v) is 5.04. The van der Waals surface area contributed by atoms with Crippen LogP contribution in [-0.4, -0.2) is 23.9 Å². The van der Waals surface area contributed by atoms with Gasteiger partial charge in [0, 0.05) is 6.42 Å². The molecule has 122 valence electrons. The fourth-order valence-electron chi connectivity index (χ4n) is 1.89. The largest absolute Gasteiger partial charge is 0.389 e. The SMILES string of the molecule is CC(C)(CCCCCCCCCC(F)(F)F)S(=O)(=O)O. The van der Waals surface area contributed by atoms with Gasteiger partial charge in [-0.2, -0.15) is 21.6 Å². The topological polar surface area (TPSA) is 54.4 Å². The average Bonchev–Trinajstić information content (AvgIpc) is 2.23. The number of hydrogen-bond donors (Lipinski definition) is 1. The molecule has 0 spiro atoms. The van der Waals surface area contributed by atoms with E-state index in [9.17, 15) is 21.6 Å². The van der Waals surface area contributed by atoms with Gasteiger partial charge in [0.2, 0.25) is 0 Å². The smallest absolute Gasteiger partial charge is 0.285 e. The fraction of sp³-hybridized carbons (Fsp3) is 1.00. The lowest BCUT2D eigenvalue weighted by Gasteiger charge is -2.20. The molecule has 0 rings (SSSR count). The second kappa shape index (κ2) is 8.22. The van der Waals surface area contributed by atoms with Crippen molar-refractivity contribution in [3.05, 3.63) is 0 Å². The number of rotatable bonds is 10. The zero-order chi connectivity index (χ0) is 15.9. The highest BCUT2D eigenvalue weighted by molar-refractivity contribution is 7.87. The predicted molar refractivity (Wildman–Crippen MR) is 73.2 cm³/mol. The summed E-state index contributed by atoms with van der Waals surface area (Å²) in [6.45, 7) is 2.97. The molecule has 20 heavy (non-hydrogen) atoms. The maximum absolute atomic E-state index is 11.9. The lowest BCUT2D eigenvalue weighted by atomic mass is 10.0. The van der Waals surface area contributed by atoms with Crippen LogP contribution in [0.5, 0.6) is 0 Å². The van der Waals surface area contributed by atoms with Crippen LogP contribution in [0.2, 0.25) is 0 Å². The molecule has 0 aromatic rings. The van der Waals surface area contributed by atoms with E-state index in [1.54, 1.807) is 0 Å².